The van der Waals surface area contributed by atoms with Crippen molar-refractivity contribution in [3.8, 4) is 5.75 Å². The SMILES string of the molecule is NC(=O)c1ccc(OC2CCN(Cc3ccccc3)CC2)cc1S(=O)(=O)CC(F)(F)F. The Morgan fingerprint density at radius 3 is 2.32 bits per heavy atom. The van der Waals surface area contributed by atoms with E-state index in [1.165, 1.54) is 11.6 Å². The highest BCUT2D eigenvalue weighted by molar-refractivity contribution is 7.91. The number of carbonyl (C=O) groups excluding carboxylic acids is 1. The number of primary amides is 1. The minimum absolute atomic E-state index is 0.0901. The maximum atomic E-state index is 12.7. The molecule has 3 rings (SSSR count). The van der Waals surface area contributed by atoms with Crippen LogP contribution >= 0.6 is 0 Å². The van der Waals surface area contributed by atoms with Crippen LogP contribution in [-0.2, 0) is 16.4 Å². The van der Waals surface area contributed by atoms with Gasteiger partial charge >= 0.3 is 6.18 Å². The summed E-state index contributed by atoms with van der Waals surface area (Å²) in [7, 11) is -4.81. The van der Waals surface area contributed by atoms with Crippen molar-refractivity contribution >= 4 is 15.7 Å². The van der Waals surface area contributed by atoms with Crippen LogP contribution in [0, 0.1) is 0 Å². The van der Waals surface area contributed by atoms with E-state index in [2.05, 4.69) is 4.90 Å². The number of carbonyl (C=O) groups is 1. The van der Waals surface area contributed by atoms with Crippen molar-refractivity contribution in [3.63, 3.8) is 0 Å². The van der Waals surface area contributed by atoms with Gasteiger partial charge in [0, 0.05) is 19.6 Å². The summed E-state index contributed by atoms with van der Waals surface area (Å²) in [6.45, 7) is 2.33. The lowest BCUT2D eigenvalue weighted by molar-refractivity contribution is -0.106. The molecule has 10 heteroatoms. The number of nitrogens with two attached hydrogens (primary N) is 1. The Morgan fingerprint density at radius 2 is 1.74 bits per heavy atom. The van der Waals surface area contributed by atoms with Crippen LogP contribution in [0.1, 0.15) is 28.8 Å². The smallest absolute Gasteiger partial charge is 0.403 e. The third-order valence-corrected chi connectivity index (χ3v) is 6.71. The molecule has 1 amide bonds. The van der Waals surface area contributed by atoms with Crippen LogP contribution in [-0.4, -0.2) is 50.3 Å². The van der Waals surface area contributed by atoms with Gasteiger partial charge in [-0.15, -0.1) is 0 Å². The number of hydrogen-bond donors (Lipinski definition) is 1. The van der Waals surface area contributed by atoms with E-state index in [-0.39, 0.29) is 11.9 Å². The topological polar surface area (TPSA) is 89.7 Å². The molecule has 1 heterocycles. The maximum Gasteiger partial charge on any atom is 0.403 e. The minimum Gasteiger partial charge on any atom is -0.490 e. The number of likely N-dealkylation sites (tertiary alicyclic amines) is 1. The zero-order chi connectivity index (χ0) is 22.6. The quantitative estimate of drug-likeness (QED) is 0.691. The lowest BCUT2D eigenvalue weighted by Gasteiger charge is -2.32. The van der Waals surface area contributed by atoms with E-state index in [1.807, 2.05) is 30.3 Å². The van der Waals surface area contributed by atoms with Crippen molar-refractivity contribution in [2.24, 2.45) is 5.73 Å². The van der Waals surface area contributed by atoms with E-state index in [1.54, 1.807) is 0 Å². The number of halogens is 3. The fraction of sp³-hybridized carbons (Fsp3) is 0.381. The van der Waals surface area contributed by atoms with Gasteiger partial charge < -0.3 is 10.5 Å². The second kappa shape index (κ2) is 9.27. The van der Waals surface area contributed by atoms with Crippen LogP contribution in [0.25, 0.3) is 0 Å². The van der Waals surface area contributed by atoms with Gasteiger partial charge in [-0.2, -0.15) is 13.2 Å². The highest BCUT2D eigenvalue weighted by Crippen LogP contribution is 2.29. The molecule has 0 saturated carbocycles. The molecule has 0 radical (unpaired) electrons. The van der Waals surface area contributed by atoms with Gasteiger partial charge in [-0.1, -0.05) is 30.3 Å². The summed E-state index contributed by atoms with van der Waals surface area (Å²) >= 11 is 0. The van der Waals surface area contributed by atoms with Crippen molar-refractivity contribution in [3.05, 3.63) is 59.7 Å². The average molecular weight is 456 g/mol. The van der Waals surface area contributed by atoms with E-state index in [9.17, 15) is 26.4 Å². The molecule has 1 fully saturated rings. The van der Waals surface area contributed by atoms with E-state index >= 15 is 0 Å². The average Bonchev–Trinajstić information content (AvgIpc) is 2.68. The zero-order valence-electron chi connectivity index (χ0n) is 16.6. The van der Waals surface area contributed by atoms with Gasteiger partial charge in [-0.3, -0.25) is 9.69 Å². The van der Waals surface area contributed by atoms with Crippen LogP contribution in [0.15, 0.2) is 53.4 Å². The van der Waals surface area contributed by atoms with E-state index in [4.69, 9.17) is 10.5 Å². The molecule has 1 saturated heterocycles. The second-order valence-electron chi connectivity index (χ2n) is 7.48. The molecule has 1 aliphatic rings. The third kappa shape index (κ3) is 6.44. The highest BCUT2D eigenvalue weighted by atomic mass is 32.2. The highest BCUT2D eigenvalue weighted by Gasteiger charge is 2.37. The van der Waals surface area contributed by atoms with Crippen molar-refractivity contribution in [1.29, 1.82) is 0 Å². The van der Waals surface area contributed by atoms with E-state index < -0.39 is 38.1 Å². The number of rotatable bonds is 7. The number of sulfone groups is 1. The molecule has 2 N–H and O–H groups in total. The van der Waals surface area contributed by atoms with Crippen molar-refractivity contribution < 1.29 is 31.1 Å². The zero-order valence-corrected chi connectivity index (χ0v) is 17.5. The standard InChI is InChI=1S/C21H23F3N2O4S/c22-21(23,24)14-31(28,29)19-12-17(6-7-18(19)20(25)27)30-16-8-10-26(11-9-16)13-15-4-2-1-3-5-15/h1-7,12,16H,8-11,13-14H2,(H2,25,27). The molecule has 0 unspecified atom stereocenters. The molecule has 0 spiro atoms. The number of benzene rings is 2. The van der Waals surface area contributed by atoms with Crippen LogP contribution in [0.3, 0.4) is 0 Å². The third-order valence-electron chi connectivity index (χ3n) is 4.99. The Bertz CT molecular complexity index is 1020. The minimum atomic E-state index is -4.95. The molecule has 0 aliphatic carbocycles. The van der Waals surface area contributed by atoms with Crippen LogP contribution in [0.2, 0.25) is 0 Å². The molecule has 0 atom stereocenters. The van der Waals surface area contributed by atoms with Gasteiger partial charge in [0.25, 0.3) is 0 Å². The fourth-order valence-corrected chi connectivity index (χ4v) is 4.94. The fourth-order valence-electron chi connectivity index (χ4n) is 3.55. The largest absolute Gasteiger partial charge is 0.490 e. The van der Waals surface area contributed by atoms with Crippen molar-refractivity contribution in [1.82, 2.24) is 4.90 Å². The summed E-state index contributed by atoms with van der Waals surface area (Å²) in [4.78, 5) is 13.1. The van der Waals surface area contributed by atoms with Crippen LogP contribution in [0.4, 0.5) is 13.2 Å². The molecule has 2 aromatic rings. The summed E-state index contributed by atoms with van der Waals surface area (Å²) in [6, 6.07) is 13.4. The molecular formula is C21H23F3N2O4S. The first-order chi connectivity index (χ1) is 14.5. The number of hydrogen-bond acceptors (Lipinski definition) is 5. The van der Waals surface area contributed by atoms with Crippen LogP contribution < -0.4 is 10.5 Å². The molecule has 2 aromatic carbocycles. The number of amides is 1. The Kier molecular flexibility index (Phi) is 6.90. The van der Waals surface area contributed by atoms with Gasteiger partial charge in [-0.05, 0) is 36.6 Å². The van der Waals surface area contributed by atoms with Crippen molar-refractivity contribution in [2.75, 3.05) is 18.8 Å². The summed E-state index contributed by atoms with van der Waals surface area (Å²) in [6.07, 6.45) is -3.81. The molecule has 6 nitrogen and oxygen atoms in total. The number of ether oxygens (including phenoxy) is 1. The predicted molar refractivity (Wildman–Crippen MR) is 108 cm³/mol. The normalized spacial score (nSPS) is 16.2. The lowest BCUT2D eigenvalue weighted by Crippen LogP contribution is -2.37. The number of alkyl halides is 3. The first kappa shape index (κ1) is 23.1. The first-order valence-electron chi connectivity index (χ1n) is 9.70. The first-order valence-corrected chi connectivity index (χ1v) is 11.3. The van der Waals surface area contributed by atoms with Gasteiger partial charge in [0.05, 0.1) is 10.5 Å². The van der Waals surface area contributed by atoms with Gasteiger partial charge in [0.2, 0.25) is 5.91 Å². The molecule has 168 valence electrons. The van der Waals surface area contributed by atoms with E-state index in [0.717, 1.165) is 31.8 Å². The Hall–Kier alpha value is -2.59. The second-order valence-corrected chi connectivity index (χ2v) is 9.43. The maximum absolute atomic E-state index is 12.7. The summed E-state index contributed by atoms with van der Waals surface area (Å²) < 4.78 is 68.4. The van der Waals surface area contributed by atoms with Crippen LogP contribution in [0.5, 0.6) is 5.75 Å². The monoisotopic (exact) mass is 456 g/mol. The Labute approximate surface area is 178 Å². The summed E-state index contributed by atoms with van der Waals surface area (Å²) in [5.41, 5.74) is 5.86. The Balaban J connectivity index is 1.69. The molecule has 1 aliphatic heterocycles. The Morgan fingerprint density at radius 1 is 1.10 bits per heavy atom. The van der Waals surface area contributed by atoms with Gasteiger partial charge in [0.15, 0.2) is 15.6 Å². The van der Waals surface area contributed by atoms with Gasteiger partial charge in [-0.25, -0.2) is 8.42 Å². The van der Waals surface area contributed by atoms with Gasteiger partial charge in [0.1, 0.15) is 11.9 Å². The van der Waals surface area contributed by atoms with E-state index in [0.29, 0.717) is 12.8 Å². The number of nitrogens with zero attached hydrogens (tertiary/aromatic N) is 1. The molecule has 0 bridgehead atoms. The molecular weight excluding hydrogens is 433 g/mol. The van der Waals surface area contributed by atoms with Crippen molar-refractivity contribution in [2.45, 2.75) is 36.6 Å². The summed E-state index contributed by atoms with van der Waals surface area (Å²) in [5, 5.41) is 0. The lowest BCUT2D eigenvalue weighted by atomic mass is 10.1. The summed E-state index contributed by atoms with van der Waals surface area (Å²) in [5.74, 6) is -3.12. The molecule has 0 aromatic heterocycles. The predicted octanol–water partition coefficient (Wildman–Crippen LogP) is 3.16. The number of piperidine rings is 1. The molecule has 31 heavy (non-hydrogen) atoms.